The van der Waals surface area contributed by atoms with Gasteiger partial charge < -0.3 is 5.73 Å². The second kappa shape index (κ2) is 5.05. The predicted molar refractivity (Wildman–Crippen MR) is 62.6 cm³/mol. The molecule has 1 aromatic rings. The number of aromatic nitrogens is 1. The molecule has 1 atom stereocenters. The average Bonchev–Trinajstić information content (AvgIpc) is 2.49. The molecule has 1 unspecified atom stereocenters. The first-order valence-corrected chi connectivity index (χ1v) is 7.71. The van der Waals surface area contributed by atoms with Gasteiger partial charge in [-0.15, -0.1) is 11.3 Å². The van der Waals surface area contributed by atoms with Crippen LogP contribution in [0.15, 0.2) is 5.38 Å². The fraction of sp³-hybridized carbons (Fsp3) is 0.667. The van der Waals surface area contributed by atoms with Crippen LogP contribution in [0.25, 0.3) is 0 Å². The number of nitrogens with zero attached hydrogens (tertiary/aromatic N) is 1. The third-order valence-electron chi connectivity index (χ3n) is 1.98. The number of rotatable bonds is 5. The minimum atomic E-state index is -2.98. The van der Waals surface area contributed by atoms with E-state index in [-0.39, 0.29) is 11.8 Å². The van der Waals surface area contributed by atoms with E-state index in [4.69, 9.17) is 5.73 Å². The van der Waals surface area contributed by atoms with Gasteiger partial charge >= 0.3 is 0 Å². The van der Waals surface area contributed by atoms with Crippen LogP contribution >= 0.6 is 11.3 Å². The van der Waals surface area contributed by atoms with Crippen LogP contribution < -0.4 is 5.73 Å². The van der Waals surface area contributed by atoms with Gasteiger partial charge in [-0.05, 0) is 6.42 Å². The molecule has 2 N–H and O–H groups in total. The van der Waals surface area contributed by atoms with Crippen molar-refractivity contribution in [3.63, 3.8) is 0 Å². The van der Waals surface area contributed by atoms with Gasteiger partial charge in [0.2, 0.25) is 0 Å². The molecule has 15 heavy (non-hydrogen) atoms. The smallest absolute Gasteiger partial charge is 0.153 e. The summed E-state index contributed by atoms with van der Waals surface area (Å²) in [4.78, 5) is 4.24. The molecule has 0 spiro atoms. The van der Waals surface area contributed by atoms with E-state index in [2.05, 4.69) is 4.98 Å². The van der Waals surface area contributed by atoms with Crippen molar-refractivity contribution in [2.45, 2.75) is 31.6 Å². The number of nitrogens with two attached hydrogens (primary N) is 1. The molecule has 6 heteroatoms. The second-order valence-corrected chi connectivity index (χ2v) is 6.76. The lowest BCUT2D eigenvalue weighted by Gasteiger charge is -2.04. The van der Waals surface area contributed by atoms with Crippen LogP contribution in [0, 0.1) is 0 Å². The topological polar surface area (TPSA) is 73.1 Å². The van der Waals surface area contributed by atoms with Crippen LogP contribution in [-0.2, 0) is 22.0 Å². The zero-order chi connectivity index (χ0) is 11.5. The summed E-state index contributed by atoms with van der Waals surface area (Å²) in [5, 5.41) is 2.53. The van der Waals surface area contributed by atoms with Crippen LogP contribution in [0.5, 0.6) is 0 Å². The molecule has 86 valence electrons. The van der Waals surface area contributed by atoms with E-state index in [0.717, 1.165) is 18.5 Å². The van der Waals surface area contributed by atoms with Gasteiger partial charge in [-0.2, -0.15) is 0 Å². The lowest BCUT2D eigenvalue weighted by atomic mass is 10.1. The van der Waals surface area contributed by atoms with Gasteiger partial charge in [-0.25, -0.2) is 13.4 Å². The Hall–Kier alpha value is -0.460. The number of thiazole rings is 1. The molecule has 1 heterocycles. The van der Waals surface area contributed by atoms with E-state index in [1.165, 1.54) is 17.6 Å². The number of sulfone groups is 1. The summed E-state index contributed by atoms with van der Waals surface area (Å²) in [6, 6.07) is 0.109. The Morgan fingerprint density at radius 3 is 2.80 bits per heavy atom. The number of hydrogen-bond acceptors (Lipinski definition) is 5. The fourth-order valence-electron chi connectivity index (χ4n) is 1.15. The van der Waals surface area contributed by atoms with E-state index < -0.39 is 9.84 Å². The summed E-state index contributed by atoms with van der Waals surface area (Å²) >= 11 is 1.38. The van der Waals surface area contributed by atoms with Crippen LogP contribution in [-0.4, -0.2) is 25.7 Å². The molecule has 1 rings (SSSR count). The molecule has 0 fully saturated rings. The van der Waals surface area contributed by atoms with Crippen LogP contribution in [0.1, 0.15) is 24.0 Å². The minimum absolute atomic E-state index is 0.0268. The SMILES string of the molecule is CCC(N)Cc1csc(CS(C)(=O)=O)n1. The predicted octanol–water partition coefficient (Wildman–Crippen LogP) is 0.968. The normalized spacial score (nSPS) is 14.1. The van der Waals surface area contributed by atoms with Gasteiger partial charge in [0.05, 0.1) is 5.69 Å². The Morgan fingerprint density at radius 2 is 2.27 bits per heavy atom. The highest BCUT2D eigenvalue weighted by Crippen LogP contribution is 2.14. The van der Waals surface area contributed by atoms with Gasteiger partial charge in [0.15, 0.2) is 9.84 Å². The van der Waals surface area contributed by atoms with Crippen molar-refractivity contribution < 1.29 is 8.42 Å². The molecular weight excluding hydrogens is 232 g/mol. The molecule has 0 aromatic carbocycles. The Morgan fingerprint density at radius 1 is 1.60 bits per heavy atom. The minimum Gasteiger partial charge on any atom is -0.327 e. The van der Waals surface area contributed by atoms with Crippen molar-refractivity contribution in [3.05, 3.63) is 16.1 Å². The van der Waals surface area contributed by atoms with Crippen molar-refractivity contribution in [3.8, 4) is 0 Å². The summed E-state index contributed by atoms with van der Waals surface area (Å²) in [5.41, 5.74) is 6.68. The van der Waals surface area contributed by atoms with E-state index in [9.17, 15) is 8.42 Å². The average molecular weight is 248 g/mol. The Kier molecular flexibility index (Phi) is 4.24. The zero-order valence-electron chi connectivity index (χ0n) is 8.93. The fourth-order valence-corrected chi connectivity index (χ4v) is 3.16. The van der Waals surface area contributed by atoms with Crippen molar-refractivity contribution in [2.75, 3.05) is 6.26 Å². The lowest BCUT2D eigenvalue weighted by molar-refractivity contribution is 0.600. The largest absolute Gasteiger partial charge is 0.327 e. The van der Waals surface area contributed by atoms with Gasteiger partial charge in [-0.3, -0.25) is 0 Å². The highest BCUT2D eigenvalue weighted by atomic mass is 32.2. The van der Waals surface area contributed by atoms with Gasteiger partial charge in [0.1, 0.15) is 10.8 Å². The molecular formula is C9H16N2O2S2. The summed E-state index contributed by atoms with van der Waals surface area (Å²) in [6.07, 6.45) is 2.83. The first-order valence-electron chi connectivity index (χ1n) is 4.77. The molecule has 0 saturated carbocycles. The molecule has 0 radical (unpaired) electrons. The zero-order valence-corrected chi connectivity index (χ0v) is 10.6. The number of hydrogen-bond donors (Lipinski definition) is 1. The van der Waals surface area contributed by atoms with E-state index in [1.807, 2.05) is 12.3 Å². The van der Waals surface area contributed by atoms with Crippen molar-refractivity contribution in [1.29, 1.82) is 0 Å². The summed E-state index contributed by atoms with van der Waals surface area (Å²) in [6.45, 7) is 2.02. The van der Waals surface area contributed by atoms with E-state index in [1.54, 1.807) is 0 Å². The molecule has 4 nitrogen and oxygen atoms in total. The molecule has 0 amide bonds. The van der Waals surface area contributed by atoms with Crippen LogP contribution in [0.3, 0.4) is 0 Å². The Labute approximate surface area is 94.4 Å². The van der Waals surface area contributed by atoms with Crippen LogP contribution in [0.2, 0.25) is 0 Å². The quantitative estimate of drug-likeness (QED) is 0.842. The summed E-state index contributed by atoms with van der Waals surface area (Å²) in [5.74, 6) is 0.0268. The van der Waals surface area contributed by atoms with E-state index >= 15 is 0 Å². The maximum absolute atomic E-state index is 11.0. The van der Waals surface area contributed by atoms with Gasteiger partial charge in [0.25, 0.3) is 0 Å². The molecule has 0 aliphatic rings. The van der Waals surface area contributed by atoms with Crippen molar-refractivity contribution in [2.24, 2.45) is 5.73 Å². The Balaban J connectivity index is 2.64. The van der Waals surface area contributed by atoms with Crippen molar-refractivity contribution >= 4 is 21.2 Å². The maximum atomic E-state index is 11.0. The highest BCUT2D eigenvalue weighted by molar-refractivity contribution is 7.90. The standard InChI is InChI=1S/C9H16N2O2S2/c1-3-7(10)4-8-5-14-9(11-8)6-15(2,12)13/h5,7H,3-4,6,10H2,1-2H3. The highest BCUT2D eigenvalue weighted by Gasteiger charge is 2.10. The van der Waals surface area contributed by atoms with Gasteiger partial charge in [-0.1, -0.05) is 6.92 Å². The molecule has 0 saturated heterocycles. The first kappa shape index (κ1) is 12.6. The maximum Gasteiger partial charge on any atom is 0.153 e. The van der Waals surface area contributed by atoms with Gasteiger partial charge in [0, 0.05) is 24.1 Å². The van der Waals surface area contributed by atoms with Crippen LogP contribution in [0.4, 0.5) is 0 Å². The van der Waals surface area contributed by atoms with E-state index in [0.29, 0.717) is 5.01 Å². The molecule has 0 bridgehead atoms. The molecule has 0 aliphatic heterocycles. The lowest BCUT2D eigenvalue weighted by Crippen LogP contribution is -2.21. The first-order chi connectivity index (χ1) is 6.90. The molecule has 0 aliphatic carbocycles. The molecule has 1 aromatic heterocycles. The summed E-state index contributed by atoms with van der Waals surface area (Å²) < 4.78 is 22.1. The Bertz CT molecular complexity index is 412. The summed E-state index contributed by atoms with van der Waals surface area (Å²) in [7, 11) is -2.98. The van der Waals surface area contributed by atoms with Crippen molar-refractivity contribution in [1.82, 2.24) is 4.98 Å². The second-order valence-electron chi connectivity index (χ2n) is 3.68. The third-order valence-corrected chi connectivity index (χ3v) is 3.86. The third kappa shape index (κ3) is 4.72. The monoisotopic (exact) mass is 248 g/mol.